The highest BCUT2D eigenvalue weighted by atomic mass is 16.5. The van der Waals surface area contributed by atoms with E-state index in [9.17, 15) is 4.79 Å². The number of hydrogen-bond donors (Lipinski definition) is 0. The number of hydrogen-bond acceptors (Lipinski definition) is 3. The molecule has 0 bridgehead atoms. The molecule has 0 N–H and O–H groups in total. The van der Waals surface area contributed by atoms with E-state index in [1.807, 2.05) is 61.5 Å². The van der Waals surface area contributed by atoms with Crippen LogP contribution in [0.4, 0.5) is 0 Å². The van der Waals surface area contributed by atoms with E-state index in [4.69, 9.17) is 9.47 Å². The average molecular weight is 284 g/mol. The van der Waals surface area contributed by atoms with Crippen molar-refractivity contribution in [3.05, 3.63) is 65.7 Å². The number of aldehydes is 1. The Morgan fingerprint density at radius 1 is 1.05 bits per heavy atom. The first-order valence-corrected chi connectivity index (χ1v) is 7.06. The van der Waals surface area contributed by atoms with Gasteiger partial charge in [-0.05, 0) is 37.1 Å². The molecule has 2 atom stereocenters. The van der Waals surface area contributed by atoms with Gasteiger partial charge in [0.25, 0.3) is 0 Å². The fourth-order valence-electron chi connectivity index (χ4n) is 2.03. The Balaban J connectivity index is 1.98. The van der Waals surface area contributed by atoms with Crippen LogP contribution in [0.2, 0.25) is 0 Å². The summed E-state index contributed by atoms with van der Waals surface area (Å²) in [6.45, 7) is 4.19. The zero-order chi connectivity index (χ0) is 15.1. The number of carbonyl (C=O) groups is 1. The van der Waals surface area contributed by atoms with Crippen LogP contribution in [-0.4, -0.2) is 12.4 Å². The van der Waals surface area contributed by atoms with Crippen LogP contribution in [0.15, 0.2) is 54.6 Å². The first kappa shape index (κ1) is 15.3. The second-order valence-electron chi connectivity index (χ2n) is 4.97. The predicted octanol–water partition coefficient (Wildman–Crippen LogP) is 3.93. The van der Waals surface area contributed by atoms with Crippen molar-refractivity contribution in [2.45, 2.75) is 32.7 Å². The summed E-state index contributed by atoms with van der Waals surface area (Å²) in [5, 5.41) is 0. The Morgan fingerprint density at radius 2 is 1.81 bits per heavy atom. The van der Waals surface area contributed by atoms with Crippen LogP contribution in [0.5, 0.6) is 5.75 Å². The largest absolute Gasteiger partial charge is 0.489 e. The monoisotopic (exact) mass is 284 g/mol. The van der Waals surface area contributed by atoms with Crippen LogP contribution < -0.4 is 4.74 Å². The lowest BCUT2D eigenvalue weighted by molar-refractivity contribution is -0.120. The van der Waals surface area contributed by atoms with E-state index in [1.165, 1.54) is 0 Å². The van der Waals surface area contributed by atoms with Gasteiger partial charge in [-0.15, -0.1) is 0 Å². The van der Waals surface area contributed by atoms with Gasteiger partial charge in [0.1, 0.15) is 24.7 Å². The van der Waals surface area contributed by atoms with Crippen molar-refractivity contribution in [2.75, 3.05) is 0 Å². The molecular weight excluding hydrogens is 264 g/mol. The van der Waals surface area contributed by atoms with E-state index in [1.54, 1.807) is 6.92 Å². The summed E-state index contributed by atoms with van der Waals surface area (Å²) in [5.41, 5.74) is 2.12. The molecule has 0 heterocycles. The highest BCUT2D eigenvalue weighted by molar-refractivity contribution is 5.55. The minimum atomic E-state index is -0.408. The molecule has 2 aromatic carbocycles. The van der Waals surface area contributed by atoms with Crippen LogP contribution >= 0.6 is 0 Å². The molecule has 21 heavy (non-hydrogen) atoms. The average Bonchev–Trinajstić information content (AvgIpc) is 2.54. The quantitative estimate of drug-likeness (QED) is 0.723. The Hall–Kier alpha value is -2.13. The van der Waals surface area contributed by atoms with E-state index in [-0.39, 0.29) is 6.10 Å². The van der Waals surface area contributed by atoms with Gasteiger partial charge in [-0.25, -0.2) is 0 Å². The van der Waals surface area contributed by atoms with Gasteiger partial charge < -0.3 is 14.3 Å². The normalized spacial score (nSPS) is 13.4. The fourth-order valence-corrected chi connectivity index (χ4v) is 2.03. The number of carbonyl (C=O) groups excluding carboxylic acids is 1. The van der Waals surface area contributed by atoms with Gasteiger partial charge >= 0.3 is 0 Å². The lowest BCUT2D eigenvalue weighted by Gasteiger charge is -2.16. The molecule has 0 aromatic heterocycles. The second kappa shape index (κ2) is 7.60. The summed E-state index contributed by atoms with van der Waals surface area (Å²) in [6.07, 6.45) is 0.242. The molecule has 110 valence electrons. The molecule has 0 aliphatic carbocycles. The fraction of sp³-hybridized carbons (Fsp3) is 0.278. The van der Waals surface area contributed by atoms with E-state index >= 15 is 0 Å². The third-order valence-electron chi connectivity index (χ3n) is 3.19. The topological polar surface area (TPSA) is 35.5 Å². The molecule has 0 unspecified atom stereocenters. The maximum Gasteiger partial charge on any atom is 0.148 e. The molecular formula is C18H20O3. The molecule has 0 saturated heterocycles. The highest BCUT2D eigenvalue weighted by Crippen LogP contribution is 2.23. The van der Waals surface area contributed by atoms with E-state index in [0.29, 0.717) is 6.61 Å². The van der Waals surface area contributed by atoms with E-state index < -0.39 is 6.10 Å². The van der Waals surface area contributed by atoms with Gasteiger partial charge in [-0.3, -0.25) is 0 Å². The van der Waals surface area contributed by atoms with Crippen molar-refractivity contribution in [3.8, 4) is 5.75 Å². The zero-order valence-corrected chi connectivity index (χ0v) is 12.4. The van der Waals surface area contributed by atoms with Gasteiger partial charge in [-0.1, -0.05) is 42.5 Å². The molecule has 3 heteroatoms. The summed E-state index contributed by atoms with van der Waals surface area (Å²) in [7, 11) is 0. The summed E-state index contributed by atoms with van der Waals surface area (Å²) >= 11 is 0. The van der Waals surface area contributed by atoms with Crippen LogP contribution in [-0.2, 0) is 16.1 Å². The Kier molecular flexibility index (Phi) is 5.52. The molecule has 0 amide bonds. The summed E-state index contributed by atoms with van der Waals surface area (Å²) in [4.78, 5) is 10.6. The molecule has 0 saturated carbocycles. The number of ether oxygens (including phenoxy) is 2. The van der Waals surface area contributed by atoms with Gasteiger partial charge in [0.2, 0.25) is 0 Å². The highest BCUT2D eigenvalue weighted by Gasteiger charge is 2.10. The smallest absolute Gasteiger partial charge is 0.148 e. The van der Waals surface area contributed by atoms with E-state index in [2.05, 4.69) is 0 Å². The Bertz CT molecular complexity index is 566. The molecule has 2 rings (SSSR count). The van der Waals surface area contributed by atoms with Crippen molar-refractivity contribution in [1.82, 2.24) is 0 Å². The molecule has 0 fully saturated rings. The molecule has 0 aliphatic rings. The molecule has 0 spiro atoms. The summed E-state index contributed by atoms with van der Waals surface area (Å²) in [5.74, 6) is 0.797. The molecule has 0 radical (unpaired) electrons. The summed E-state index contributed by atoms with van der Waals surface area (Å²) < 4.78 is 11.4. The molecule has 2 aromatic rings. The third-order valence-corrected chi connectivity index (χ3v) is 3.19. The van der Waals surface area contributed by atoms with Crippen molar-refractivity contribution in [1.29, 1.82) is 0 Å². The summed E-state index contributed by atoms with van der Waals surface area (Å²) in [6, 6.07) is 17.8. The minimum Gasteiger partial charge on any atom is -0.489 e. The first-order valence-electron chi connectivity index (χ1n) is 7.06. The van der Waals surface area contributed by atoms with Crippen molar-refractivity contribution >= 4 is 6.29 Å². The van der Waals surface area contributed by atoms with Gasteiger partial charge in [0.05, 0.1) is 6.10 Å². The van der Waals surface area contributed by atoms with Crippen LogP contribution in [0, 0.1) is 0 Å². The van der Waals surface area contributed by atoms with Crippen molar-refractivity contribution in [3.63, 3.8) is 0 Å². The Morgan fingerprint density at radius 3 is 2.52 bits per heavy atom. The second-order valence-corrected chi connectivity index (χ2v) is 4.97. The van der Waals surface area contributed by atoms with Crippen LogP contribution in [0.25, 0.3) is 0 Å². The zero-order valence-electron chi connectivity index (χ0n) is 12.4. The standard InChI is InChI=1S/C18H20O3/c1-14(12-19)21-15(2)17-9-6-10-18(11-17)20-13-16-7-4-3-5-8-16/h3-12,14-15H,13H2,1-2H3/t14-,15+/m0/s1. The third kappa shape index (κ3) is 4.72. The van der Waals surface area contributed by atoms with Gasteiger partial charge in [0, 0.05) is 0 Å². The minimum absolute atomic E-state index is 0.148. The van der Waals surface area contributed by atoms with Crippen molar-refractivity contribution in [2.24, 2.45) is 0 Å². The maximum atomic E-state index is 10.6. The maximum absolute atomic E-state index is 10.6. The number of rotatable bonds is 7. The van der Waals surface area contributed by atoms with Gasteiger partial charge in [-0.2, -0.15) is 0 Å². The van der Waals surface area contributed by atoms with Gasteiger partial charge in [0.15, 0.2) is 0 Å². The number of benzene rings is 2. The lowest BCUT2D eigenvalue weighted by Crippen LogP contribution is -2.12. The first-order chi connectivity index (χ1) is 10.2. The molecule has 0 aliphatic heterocycles. The van der Waals surface area contributed by atoms with Crippen LogP contribution in [0.1, 0.15) is 31.1 Å². The lowest BCUT2D eigenvalue weighted by atomic mass is 10.1. The Labute approximate surface area is 125 Å². The SMILES string of the molecule is C[C@@H](C=O)O[C@H](C)c1cccc(OCc2ccccc2)c1. The molecule has 3 nitrogen and oxygen atoms in total. The van der Waals surface area contributed by atoms with E-state index in [0.717, 1.165) is 23.2 Å². The van der Waals surface area contributed by atoms with Crippen LogP contribution in [0.3, 0.4) is 0 Å². The predicted molar refractivity (Wildman–Crippen MR) is 82.2 cm³/mol. The van der Waals surface area contributed by atoms with Crippen molar-refractivity contribution < 1.29 is 14.3 Å².